The molecule has 1 aromatic heterocycles. The Kier molecular flexibility index (Phi) is 5.87. The molecule has 35 heavy (non-hydrogen) atoms. The van der Waals surface area contributed by atoms with Gasteiger partial charge in [0, 0.05) is 12.1 Å². The van der Waals surface area contributed by atoms with Crippen molar-refractivity contribution in [1.82, 2.24) is 15.3 Å². The molecule has 2 amide bonds. The lowest BCUT2D eigenvalue weighted by Crippen LogP contribution is -2.30. The molecule has 1 aliphatic carbocycles. The fourth-order valence-electron chi connectivity index (χ4n) is 4.58. The lowest BCUT2D eigenvalue weighted by Gasteiger charge is -2.18. The molecular formula is C22H21N7O6. The fraction of sp³-hybridized carbons (Fsp3) is 0.409. The van der Waals surface area contributed by atoms with Crippen LogP contribution < -0.4 is 20.3 Å². The van der Waals surface area contributed by atoms with Gasteiger partial charge in [-0.25, -0.2) is 14.8 Å². The molecule has 13 heteroatoms. The van der Waals surface area contributed by atoms with Crippen LogP contribution in [0.2, 0.25) is 0 Å². The van der Waals surface area contributed by atoms with E-state index in [1.165, 1.54) is 17.2 Å². The molecule has 5 rings (SSSR count). The highest BCUT2D eigenvalue weighted by Crippen LogP contribution is 2.33. The summed E-state index contributed by atoms with van der Waals surface area (Å²) in [5.41, 5.74) is 2.06. The van der Waals surface area contributed by atoms with Gasteiger partial charge in [-0.3, -0.25) is 19.8 Å². The van der Waals surface area contributed by atoms with E-state index in [4.69, 9.17) is 9.47 Å². The SMILES string of the molecule is N#Cc1cc([N+](=O)[O-])cc2c1CC(CNCCC1CN(c3cnc4c(n3)NC(=O)CO4)C(=O)O1)C2. The Morgan fingerprint density at radius 3 is 3.00 bits per heavy atom. The minimum Gasteiger partial charge on any atom is -0.465 e. The van der Waals surface area contributed by atoms with E-state index in [0.717, 1.165) is 11.1 Å². The summed E-state index contributed by atoms with van der Waals surface area (Å²) in [7, 11) is 0. The maximum Gasteiger partial charge on any atom is 0.415 e. The van der Waals surface area contributed by atoms with Gasteiger partial charge in [0.25, 0.3) is 17.5 Å². The van der Waals surface area contributed by atoms with E-state index in [1.54, 1.807) is 6.07 Å². The number of rotatable bonds is 7. The third-order valence-corrected chi connectivity index (χ3v) is 6.21. The first-order valence-corrected chi connectivity index (χ1v) is 11.1. The van der Waals surface area contributed by atoms with Gasteiger partial charge in [-0.15, -0.1) is 0 Å². The fourth-order valence-corrected chi connectivity index (χ4v) is 4.58. The molecule has 2 N–H and O–H groups in total. The Morgan fingerprint density at radius 2 is 2.20 bits per heavy atom. The van der Waals surface area contributed by atoms with Crippen LogP contribution in [0.1, 0.15) is 23.1 Å². The van der Waals surface area contributed by atoms with Crippen LogP contribution in [0.5, 0.6) is 5.88 Å². The number of cyclic esters (lactones) is 1. The summed E-state index contributed by atoms with van der Waals surface area (Å²) in [6.45, 7) is 1.44. The van der Waals surface area contributed by atoms with Crippen molar-refractivity contribution >= 4 is 29.3 Å². The molecule has 0 saturated carbocycles. The monoisotopic (exact) mass is 479 g/mol. The van der Waals surface area contributed by atoms with Crippen molar-refractivity contribution in [2.75, 3.05) is 36.5 Å². The average molecular weight is 479 g/mol. The number of nitrogens with one attached hydrogen (secondary N) is 2. The number of carbonyl (C=O) groups excluding carboxylic acids is 2. The minimum atomic E-state index is -0.538. The van der Waals surface area contributed by atoms with E-state index in [-0.39, 0.29) is 47.7 Å². The molecule has 2 aromatic rings. The molecule has 1 aromatic carbocycles. The van der Waals surface area contributed by atoms with Crippen molar-refractivity contribution in [2.24, 2.45) is 5.92 Å². The number of nitro benzene ring substituents is 1. The summed E-state index contributed by atoms with van der Waals surface area (Å²) in [6.07, 6.45) is 2.45. The first-order valence-electron chi connectivity index (χ1n) is 11.1. The van der Waals surface area contributed by atoms with Crippen molar-refractivity contribution in [3.05, 3.63) is 45.1 Å². The van der Waals surface area contributed by atoms with Gasteiger partial charge in [0.05, 0.1) is 29.3 Å². The van der Waals surface area contributed by atoms with Gasteiger partial charge in [0.1, 0.15) is 6.10 Å². The Labute approximate surface area is 199 Å². The number of nitriles is 1. The Bertz CT molecular complexity index is 1260. The number of nitro groups is 1. The molecule has 180 valence electrons. The summed E-state index contributed by atoms with van der Waals surface area (Å²) in [5, 5.41) is 26.4. The van der Waals surface area contributed by atoms with Crippen LogP contribution in [0.15, 0.2) is 18.3 Å². The van der Waals surface area contributed by atoms with Crippen molar-refractivity contribution in [3.63, 3.8) is 0 Å². The van der Waals surface area contributed by atoms with Crippen LogP contribution in [0.25, 0.3) is 0 Å². The van der Waals surface area contributed by atoms with E-state index in [9.17, 15) is 25.0 Å². The molecule has 2 unspecified atom stereocenters. The second-order valence-corrected chi connectivity index (χ2v) is 8.60. The first kappa shape index (κ1) is 22.5. The number of hydrogen-bond donors (Lipinski definition) is 2. The number of aromatic nitrogens is 2. The summed E-state index contributed by atoms with van der Waals surface area (Å²) in [6, 6.07) is 4.97. The number of benzene rings is 1. The van der Waals surface area contributed by atoms with Crippen LogP contribution in [0.4, 0.5) is 22.1 Å². The molecule has 13 nitrogen and oxygen atoms in total. The van der Waals surface area contributed by atoms with Gasteiger partial charge in [0.2, 0.25) is 0 Å². The molecule has 0 bridgehead atoms. The van der Waals surface area contributed by atoms with E-state index in [1.807, 2.05) is 0 Å². The zero-order valence-electron chi connectivity index (χ0n) is 18.5. The Morgan fingerprint density at radius 1 is 1.34 bits per heavy atom. The molecular weight excluding hydrogens is 458 g/mol. The smallest absolute Gasteiger partial charge is 0.415 e. The van der Waals surface area contributed by atoms with Gasteiger partial charge in [-0.2, -0.15) is 5.26 Å². The normalized spacial score (nSPS) is 20.4. The highest BCUT2D eigenvalue weighted by Gasteiger charge is 2.34. The molecule has 3 heterocycles. The van der Waals surface area contributed by atoms with Crippen molar-refractivity contribution < 1.29 is 24.0 Å². The summed E-state index contributed by atoms with van der Waals surface area (Å²) < 4.78 is 10.6. The van der Waals surface area contributed by atoms with Crippen LogP contribution in [-0.2, 0) is 22.4 Å². The van der Waals surface area contributed by atoms with E-state index in [2.05, 4.69) is 26.7 Å². The Balaban J connectivity index is 1.11. The zero-order valence-corrected chi connectivity index (χ0v) is 18.5. The van der Waals surface area contributed by atoms with Gasteiger partial charge < -0.3 is 20.1 Å². The second-order valence-electron chi connectivity index (χ2n) is 8.60. The number of non-ortho nitro benzene ring substituents is 1. The summed E-state index contributed by atoms with van der Waals surface area (Å²) in [5.74, 6) is 0.515. The minimum absolute atomic E-state index is 0.0555. The van der Waals surface area contributed by atoms with Crippen molar-refractivity contribution in [3.8, 4) is 11.9 Å². The van der Waals surface area contributed by atoms with E-state index >= 15 is 0 Å². The molecule has 1 fully saturated rings. The maximum absolute atomic E-state index is 12.3. The number of nitrogens with zero attached hydrogens (tertiary/aromatic N) is 5. The Hall–Kier alpha value is -4.31. The summed E-state index contributed by atoms with van der Waals surface area (Å²) >= 11 is 0. The standard InChI is InChI=1S/C22H21N7O6/c23-7-14-6-15(29(32)33)5-13-3-12(4-17(13)14)8-24-2-1-16-10-28(22(31)35-16)18-9-25-21-20(26-18)27-19(30)11-34-21/h5-6,9,12,16,24H,1-4,8,10-11H2,(H,26,27,30). The quantitative estimate of drug-likeness (QED) is 0.335. The molecule has 0 spiro atoms. The highest BCUT2D eigenvalue weighted by molar-refractivity contribution is 5.94. The van der Waals surface area contributed by atoms with Gasteiger partial charge in [-0.05, 0) is 49.4 Å². The van der Waals surface area contributed by atoms with Crippen molar-refractivity contribution in [1.29, 1.82) is 5.26 Å². The van der Waals surface area contributed by atoms with Crippen molar-refractivity contribution in [2.45, 2.75) is 25.4 Å². The topological polar surface area (TPSA) is 173 Å². The largest absolute Gasteiger partial charge is 0.465 e. The second kappa shape index (κ2) is 9.15. The van der Waals surface area contributed by atoms with Gasteiger partial charge >= 0.3 is 6.09 Å². The third kappa shape index (κ3) is 4.56. The predicted molar refractivity (Wildman–Crippen MR) is 120 cm³/mol. The highest BCUT2D eigenvalue weighted by atomic mass is 16.6. The summed E-state index contributed by atoms with van der Waals surface area (Å²) in [4.78, 5) is 44.2. The number of anilines is 2. The molecule has 0 radical (unpaired) electrons. The van der Waals surface area contributed by atoms with E-state index in [0.29, 0.717) is 44.5 Å². The lowest BCUT2D eigenvalue weighted by molar-refractivity contribution is -0.384. The molecule has 1 saturated heterocycles. The zero-order chi connectivity index (χ0) is 24.5. The molecule has 2 atom stereocenters. The van der Waals surface area contributed by atoms with Crippen LogP contribution in [0, 0.1) is 27.4 Å². The number of hydrogen-bond acceptors (Lipinski definition) is 10. The van der Waals surface area contributed by atoms with Gasteiger partial charge in [0.15, 0.2) is 18.2 Å². The molecule has 3 aliphatic rings. The van der Waals surface area contributed by atoms with Crippen LogP contribution in [0.3, 0.4) is 0 Å². The first-order chi connectivity index (χ1) is 16.9. The predicted octanol–water partition coefficient (Wildman–Crippen LogP) is 1.31. The molecule has 2 aliphatic heterocycles. The number of carbonyl (C=O) groups is 2. The number of ether oxygens (including phenoxy) is 2. The average Bonchev–Trinajstić information content (AvgIpc) is 3.43. The lowest BCUT2D eigenvalue weighted by atomic mass is 10.0. The number of fused-ring (bicyclic) bond motifs is 2. The third-order valence-electron chi connectivity index (χ3n) is 6.21. The van der Waals surface area contributed by atoms with Crippen LogP contribution >= 0.6 is 0 Å². The van der Waals surface area contributed by atoms with E-state index < -0.39 is 11.0 Å². The van der Waals surface area contributed by atoms with Gasteiger partial charge in [-0.1, -0.05) is 0 Å². The maximum atomic E-state index is 12.3. The number of amides is 2. The van der Waals surface area contributed by atoms with Crippen LogP contribution in [-0.4, -0.2) is 59.2 Å².